The highest BCUT2D eigenvalue weighted by atomic mass is 31.2. The molecular formula is C19H39BF2O6P2Si. The van der Waals surface area contributed by atoms with Crippen LogP contribution >= 0.6 is 14.5 Å². The minimum atomic E-state index is -3.87. The maximum absolute atomic E-state index is 14.9. The fourth-order valence-corrected chi connectivity index (χ4v) is 6.66. The second-order valence-corrected chi connectivity index (χ2v) is 21.4. The molecule has 0 aromatic rings. The van der Waals surface area contributed by atoms with E-state index in [1.807, 2.05) is 33.9 Å². The molecule has 2 unspecified atom stereocenters. The number of ether oxygens (including phenoxy) is 1. The Morgan fingerprint density at radius 3 is 2.13 bits per heavy atom. The average molecular weight is 502 g/mol. The summed E-state index contributed by atoms with van der Waals surface area (Å²) in [4.78, 5) is 0. The Kier molecular flexibility index (Phi) is 9.12. The van der Waals surface area contributed by atoms with E-state index in [0.29, 0.717) is 0 Å². The van der Waals surface area contributed by atoms with Crippen molar-refractivity contribution >= 4 is 30.7 Å². The molecule has 6 nitrogen and oxygen atoms in total. The standard InChI is InChI=1S/C19H39BF2O6P2Si/c1-10-26-30(7,25)12-11-18(13-19(21,22)29(5,6)24)15(23)14(16(20)27-18)28-31(8,9)17(2,3)4/h14-16,23H,10-13H2,1-9H3/t14-,15?,16+,18+,30?/m0/s1. The van der Waals surface area contributed by atoms with Gasteiger partial charge in [-0.3, -0.25) is 4.57 Å². The van der Waals surface area contributed by atoms with E-state index >= 15 is 0 Å². The molecule has 0 aliphatic carbocycles. The van der Waals surface area contributed by atoms with Gasteiger partial charge in [0.1, 0.15) is 26.7 Å². The molecular weight excluding hydrogens is 463 g/mol. The van der Waals surface area contributed by atoms with Crippen LogP contribution in [0.2, 0.25) is 18.1 Å². The van der Waals surface area contributed by atoms with Gasteiger partial charge in [-0.1, -0.05) is 20.8 Å². The summed E-state index contributed by atoms with van der Waals surface area (Å²) in [5.41, 5.74) is -5.47. The molecule has 12 heteroatoms. The number of aliphatic hydroxyl groups excluding tert-OH is 1. The summed E-state index contributed by atoms with van der Waals surface area (Å²) >= 11 is 0. The van der Waals surface area contributed by atoms with Crippen LogP contribution in [0, 0.1) is 0 Å². The Balaban J connectivity index is 3.34. The first kappa shape index (κ1) is 29.5. The van der Waals surface area contributed by atoms with Crippen molar-refractivity contribution in [1.82, 2.24) is 0 Å². The molecule has 1 aliphatic rings. The molecule has 1 N–H and O–H groups in total. The molecule has 0 aromatic carbocycles. The van der Waals surface area contributed by atoms with E-state index in [1.54, 1.807) is 6.92 Å². The Hall–Kier alpha value is 0.442. The molecule has 0 amide bonds. The van der Waals surface area contributed by atoms with E-state index in [0.717, 1.165) is 13.3 Å². The molecule has 0 aromatic heterocycles. The molecule has 1 aliphatic heterocycles. The SMILES string of the molecule is [B][C@@H]1O[C@](CCP(C)(=O)OCC)(CC(F)(F)P(C)(C)=O)C(O)[C@@H]1O[Si](C)(C)C(C)(C)C. The molecule has 0 bridgehead atoms. The van der Waals surface area contributed by atoms with Crippen LogP contribution in [-0.4, -0.2) is 83.5 Å². The molecule has 31 heavy (non-hydrogen) atoms. The van der Waals surface area contributed by atoms with Crippen LogP contribution in [0.4, 0.5) is 8.78 Å². The summed E-state index contributed by atoms with van der Waals surface area (Å²) in [5.74, 6) is 0. The topological polar surface area (TPSA) is 82.1 Å². The van der Waals surface area contributed by atoms with Crippen LogP contribution in [0.25, 0.3) is 0 Å². The molecule has 5 atom stereocenters. The predicted octanol–water partition coefficient (Wildman–Crippen LogP) is 4.94. The number of halogens is 2. The van der Waals surface area contributed by atoms with Crippen LogP contribution in [0.1, 0.15) is 40.5 Å². The minimum absolute atomic E-state index is 0.0920. The van der Waals surface area contributed by atoms with Crippen molar-refractivity contribution in [3.63, 3.8) is 0 Å². The van der Waals surface area contributed by atoms with E-state index < -0.39 is 58.7 Å². The zero-order valence-corrected chi connectivity index (χ0v) is 23.1. The van der Waals surface area contributed by atoms with Gasteiger partial charge in [0.15, 0.2) is 15.7 Å². The summed E-state index contributed by atoms with van der Waals surface area (Å²) < 4.78 is 72.1. The van der Waals surface area contributed by atoms with E-state index in [1.165, 1.54) is 6.66 Å². The lowest BCUT2D eigenvalue weighted by Crippen LogP contribution is -2.52. The number of hydrogen-bond acceptors (Lipinski definition) is 6. The van der Waals surface area contributed by atoms with Crippen molar-refractivity contribution in [2.24, 2.45) is 0 Å². The monoisotopic (exact) mass is 502 g/mol. The van der Waals surface area contributed by atoms with Gasteiger partial charge in [0, 0.05) is 18.8 Å². The van der Waals surface area contributed by atoms with Crippen molar-refractivity contribution in [3.8, 4) is 0 Å². The van der Waals surface area contributed by atoms with Gasteiger partial charge in [-0.2, -0.15) is 8.78 Å². The lowest BCUT2D eigenvalue weighted by molar-refractivity contribution is -0.112. The summed E-state index contributed by atoms with van der Waals surface area (Å²) in [6.45, 7) is 15.2. The van der Waals surface area contributed by atoms with Crippen molar-refractivity contribution < 1.29 is 36.7 Å². The Bertz CT molecular complexity index is 727. The predicted molar refractivity (Wildman–Crippen MR) is 125 cm³/mol. The number of rotatable bonds is 10. The third-order valence-corrected chi connectivity index (χ3v) is 14.5. The first-order valence-corrected chi connectivity index (χ1v) is 18.3. The molecule has 182 valence electrons. The van der Waals surface area contributed by atoms with Gasteiger partial charge in [0.2, 0.25) is 0 Å². The normalized spacial score (nSPS) is 30.4. The lowest BCUT2D eigenvalue weighted by Gasteiger charge is -2.41. The number of aliphatic hydroxyl groups is 1. The van der Waals surface area contributed by atoms with Crippen molar-refractivity contribution in [3.05, 3.63) is 0 Å². The van der Waals surface area contributed by atoms with Crippen molar-refractivity contribution in [2.75, 3.05) is 32.8 Å². The number of alkyl halides is 2. The van der Waals surface area contributed by atoms with Gasteiger partial charge in [-0.25, -0.2) is 0 Å². The van der Waals surface area contributed by atoms with Crippen LogP contribution in [-0.2, 0) is 22.8 Å². The Morgan fingerprint density at radius 1 is 1.19 bits per heavy atom. The van der Waals surface area contributed by atoms with Crippen molar-refractivity contribution in [1.29, 1.82) is 0 Å². The average Bonchev–Trinajstić information content (AvgIpc) is 2.75. The van der Waals surface area contributed by atoms with Gasteiger partial charge in [0.05, 0.1) is 19.1 Å². The fourth-order valence-electron chi connectivity index (χ4n) is 3.26. The van der Waals surface area contributed by atoms with Gasteiger partial charge >= 0.3 is 0 Å². The summed E-state index contributed by atoms with van der Waals surface area (Å²) in [7, 11) is -3.28. The van der Waals surface area contributed by atoms with E-state index in [9.17, 15) is 23.0 Å². The second-order valence-electron chi connectivity index (χ2n) is 10.5. The van der Waals surface area contributed by atoms with E-state index in [-0.39, 0.29) is 24.2 Å². The smallest absolute Gasteiger partial charge is 0.300 e. The third kappa shape index (κ3) is 6.97. The summed E-state index contributed by atoms with van der Waals surface area (Å²) in [5, 5.41) is 11.0. The molecule has 2 radical (unpaired) electrons. The second kappa shape index (κ2) is 9.59. The maximum atomic E-state index is 14.9. The zero-order valence-electron chi connectivity index (χ0n) is 20.3. The first-order valence-electron chi connectivity index (χ1n) is 10.5. The highest BCUT2D eigenvalue weighted by Gasteiger charge is 2.61. The molecule has 0 spiro atoms. The highest BCUT2D eigenvalue weighted by molar-refractivity contribution is 7.63. The molecule has 1 rings (SSSR count). The largest absolute Gasteiger partial charge is 0.409 e. The van der Waals surface area contributed by atoms with Gasteiger partial charge in [-0.05, 0) is 44.8 Å². The van der Waals surface area contributed by atoms with E-state index in [4.69, 9.17) is 21.5 Å². The highest BCUT2D eigenvalue weighted by Crippen LogP contribution is 2.60. The molecule has 1 heterocycles. The molecule has 1 fully saturated rings. The zero-order chi connectivity index (χ0) is 24.7. The van der Waals surface area contributed by atoms with Gasteiger partial charge in [0.25, 0.3) is 5.66 Å². The van der Waals surface area contributed by atoms with Crippen LogP contribution in [0.5, 0.6) is 0 Å². The first-order chi connectivity index (χ1) is 13.6. The fraction of sp³-hybridized carbons (Fsp3) is 1.00. The van der Waals surface area contributed by atoms with Crippen LogP contribution in [0.3, 0.4) is 0 Å². The molecule has 0 saturated carbocycles. The summed E-state index contributed by atoms with van der Waals surface area (Å²) in [6.07, 6.45) is -3.83. The lowest BCUT2D eigenvalue weighted by atomic mass is 9.86. The number of hydrogen-bond donors (Lipinski definition) is 1. The Morgan fingerprint density at radius 2 is 1.71 bits per heavy atom. The van der Waals surface area contributed by atoms with Gasteiger partial charge in [-0.15, -0.1) is 0 Å². The Labute approximate surface area is 188 Å². The van der Waals surface area contributed by atoms with Crippen molar-refractivity contribution in [2.45, 2.75) is 88.1 Å². The van der Waals surface area contributed by atoms with Gasteiger partial charge < -0.3 is 23.4 Å². The van der Waals surface area contributed by atoms with Crippen LogP contribution in [0.15, 0.2) is 0 Å². The molecule has 1 saturated heterocycles. The van der Waals surface area contributed by atoms with Crippen LogP contribution < -0.4 is 0 Å². The minimum Gasteiger partial charge on any atom is -0.409 e. The third-order valence-electron chi connectivity index (χ3n) is 6.42. The summed E-state index contributed by atoms with van der Waals surface area (Å²) in [6, 6.07) is -1.16. The quantitative estimate of drug-likeness (QED) is 0.337. The van der Waals surface area contributed by atoms with E-state index in [2.05, 4.69) is 0 Å². The maximum Gasteiger partial charge on any atom is 0.300 e.